The standard InChI is InChI=1S/C11H14FN3O4S/c12-10-6-8(15(16)17)3-4-11(10)14-20(18,19)9-2-1-5-13-7-9/h3-4,6,9,13-14H,1-2,5,7H2. The van der Waals surface area contributed by atoms with Crippen molar-refractivity contribution in [2.75, 3.05) is 17.8 Å². The van der Waals surface area contributed by atoms with Crippen molar-refractivity contribution in [1.82, 2.24) is 5.32 Å². The number of nitro benzene ring substituents is 1. The number of rotatable bonds is 4. The van der Waals surface area contributed by atoms with E-state index in [0.29, 0.717) is 19.0 Å². The van der Waals surface area contributed by atoms with E-state index in [9.17, 15) is 22.9 Å². The molecule has 2 rings (SSSR count). The largest absolute Gasteiger partial charge is 0.315 e. The third kappa shape index (κ3) is 3.23. The second kappa shape index (κ2) is 5.71. The minimum absolute atomic E-state index is 0.277. The third-order valence-corrected chi connectivity index (χ3v) is 4.89. The molecule has 1 aromatic carbocycles. The van der Waals surface area contributed by atoms with Crippen molar-refractivity contribution in [3.8, 4) is 0 Å². The highest BCUT2D eigenvalue weighted by Crippen LogP contribution is 2.23. The van der Waals surface area contributed by atoms with Crippen LogP contribution in [0.5, 0.6) is 0 Å². The molecule has 0 bridgehead atoms. The molecule has 1 fully saturated rings. The van der Waals surface area contributed by atoms with Crippen molar-refractivity contribution in [3.05, 3.63) is 34.1 Å². The first-order chi connectivity index (χ1) is 9.40. The van der Waals surface area contributed by atoms with E-state index in [-0.39, 0.29) is 5.69 Å². The Labute approximate surface area is 115 Å². The van der Waals surface area contributed by atoms with Gasteiger partial charge >= 0.3 is 0 Å². The molecule has 1 aromatic rings. The van der Waals surface area contributed by atoms with Gasteiger partial charge < -0.3 is 5.32 Å². The Bertz CT molecular complexity index is 614. The lowest BCUT2D eigenvalue weighted by Gasteiger charge is -2.23. The second-order valence-electron chi connectivity index (χ2n) is 4.54. The van der Waals surface area contributed by atoms with E-state index >= 15 is 0 Å². The first kappa shape index (κ1) is 14.7. The highest BCUT2D eigenvalue weighted by atomic mass is 32.2. The monoisotopic (exact) mass is 303 g/mol. The smallest absolute Gasteiger partial charge is 0.272 e. The molecule has 1 unspecified atom stereocenters. The Balaban J connectivity index is 2.18. The van der Waals surface area contributed by atoms with Crippen LogP contribution in [0.3, 0.4) is 0 Å². The van der Waals surface area contributed by atoms with Crippen LogP contribution in [0.2, 0.25) is 0 Å². The predicted octanol–water partition coefficient (Wildman–Crippen LogP) is 1.23. The van der Waals surface area contributed by atoms with Crippen LogP contribution in [0.1, 0.15) is 12.8 Å². The fraction of sp³-hybridized carbons (Fsp3) is 0.455. The molecule has 1 atom stereocenters. The van der Waals surface area contributed by atoms with Crippen LogP contribution in [-0.4, -0.2) is 31.7 Å². The Hall–Kier alpha value is -1.74. The molecule has 1 saturated heterocycles. The van der Waals surface area contributed by atoms with Crippen molar-refractivity contribution in [1.29, 1.82) is 0 Å². The van der Waals surface area contributed by atoms with E-state index in [4.69, 9.17) is 0 Å². The fourth-order valence-corrected chi connectivity index (χ4v) is 3.47. The molecule has 0 saturated carbocycles. The maximum Gasteiger partial charge on any atom is 0.272 e. The SMILES string of the molecule is O=[N+]([O-])c1ccc(NS(=O)(=O)C2CCCNC2)c(F)c1. The highest BCUT2D eigenvalue weighted by molar-refractivity contribution is 7.93. The molecule has 20 heavy (non-hydrogen) atoms. The maximum atomic E-state index is 13.7. The van der Waals surface area contributed by atoms with Crippen LogP contribution in [0.15, 0.2) is 18.2 Å². The molecule has 110 valence electrons. The van der Waals surface area contributed by atoms with Crippen LogP contribution >= 0.6 is 0 Å². The number of nitro groups is 1. The molecule has 0 radical (unpaired) electrons. The van der Waals surface area contributed by atoms with Gasteiger partial charge in [0.05, 0.1) is 21.9 Å². The third-order valence-electron chi connectivity index (χ3n) is 3.11. The summed E-state index contributed by atoms with van der Waals surface area (Å²) in [7, 11) is -3.71. The van der Waals surface area contributed by atoms with Gasteiger partial charge in [0.15, 0.2) is 5.82 Å². The number of non-ortho nitro benzene ring substituents is 1. The molecule has 2 N–H and O–H groups in total. The van der Waals surface area contributed by atoms with Crippen molar-refractivity contribution in [2.45, 2.75) is 18.1 Å². The van der Waals surface area contributed by atoms with Gasteiger partial charge in [0.2, 0.25) is 10.0 Å². The lowest BCUT2D eigenvalue weighted by molar-refractivity contribution is -0.385. The van der Waals surface area contributed by atoms with Crippen molar-refractivity contribution in [2.24, 2.45) is 0 Å². The summed E-state index contributed by atoms with van der Waals surface area (Å²) < 4.78 is 40.0. The second-order valence-corrected chi connectivity index (χ2v) is 6.50. The summed E-state index contributed by atoms with van der Waals surface area (Å²) in [6.45, 7) is 1.07. The number of hydrogen-bond donors (Lipinski definition) is 2. The van der Waals surface area contributed by atoms with Gasteiger partial charge in [0.1, 0.15) is 0 Å². The van der Waals surface area contributed by atoms with E-state index in [0.717, 1.165) is 25.1 Å². The predicted molar refractivity (Wildman–Crippen MR) is 71.5 cm³/mol. The highest BCUT2D eigenvalue weighted by Gasteiger charge is 2.28. The molecule has 1 heterocycles. The number of piperidine rings is 1. The number of benzene rings is 1. The summed E-state index contributed by atoms with van der Waals surface area (Å²) in [5.74, 6) is -0.966. The van der Waals surface area contributed by atoms with E-state index in [1.54, 1.807) is 0 Å². The normalized spacial score (nSPS) is 19.6. The Kier molecular flexibility index (Phi) is 4.19. The topological polar surface area (TPSA) is 101 Å². The Morgan fingerprint density at radius 2 is 2.20 bits per heavy atom. The summed E-state index contributed by atoms with van der Waals surface area (Å²) in [6.07, 6.45) is 1.23. The molecular formula is C11H14FN3O4S. The van der Waals surface area contributed by atoms with E-state index in [1.807, 2.05) is 0 Å². The minimum Gasteiger partial charge on any atom is -0.315 e. The molecule has 0 spiro atoms. The molecule has 0 aromatic heterocycles. The lowest BCUT2D eigenvalue weighted by atomic mass is 10.2. The van der Waals surface area contributed by atoms with Gasteiger partial charge in [0.25, 0.3) is 5.69 Å². The van der Waals surface area contributed by atoms with Crippen LogP contribution in [-0.2, 0) is 10.0 Å². The fourth-order valence-electron chi connectivity index (χ4n) is 2.02. The van der Waals surface area contributed by atoms with E-state index in [1.165, 1.54) is 0 Å². The number of nitrogens with zero attached hydrogens (tertiary/aromatic N) is 1. The minimum atomic E-state index is -3.71. The summed E-state index contributed by atoms with van der Waals surface area (Å²) >= 11 is 0. The zero-order valence-corrected chi connectivity index (χ0v) is 11.3. The van der Waals surface area contributed by atoms with Crippen LogP contribution in [0.25, 0.3) is 0 Å². The average Bonchev–Trinajstić information content (AvgIpc) is 2.41. The van der Waals surface area contributed by atoms with Gasteiger partial charge in [-0.2, -0.15) is 0 Å². The lowest BCUT2D eigenvalue weighted by Crippen LogP contribution is -2.41. The van der Waals surface area contributed by atoms with Gasteiger partial charge in [-0.1, -0.05) is 0 Å². The zero-order valence-electron chi connectivity index (χ0n) is 10.5. The van der Waals surface area contributed by atoms with Gasteiger partial charge in [0, 0.05) is 12.6 Å². The Morgan fingerprint density at radius 3 is 2.75 bits per heavy atom. The zero-order chi connectivity index (χ0) is 14.8. The van der Waals surface area contributed by atoms with Gasteiger partial charge in [-0.3, -0.25) is 14.8 Å². The summed E-state index contributed by atoms with van der Waals surface area (Å²) in [6, 6.07) is 2.80. The first-order valence-electron chi connectivity index (χ1n) is 6.06. The van der Waals surface area contributed by atoms with Gasteiger partial charge in [-0.25, -0.2) is 12.8 Å². The number of sulfonamides is 1. The van der Waals surface area contributed by atoms with Crippen molar-refractivity contribution >= 4 is 21.4 Å². The molecule has 0 aliphatic carbocycles. The van der Waals surface area contributed by atoms with E-state index < -0.39 is 31.7 Å². The molecule has 9 heteroatoms. The summed E-state index contributed by atoms with van der Waals surface area (Å²) in [5, 5.41) is 12.8. The Morgan fingerprint density at radius 1 is 1.45 bits per heavy atom. The van der Waals surface area contributed by atoms with Crippen LogP contribution in [0.4, 0.5) is 15.8 Å². The van der Waals surface area contributed by atoms with Crippen molar-refractivity contribution < 1.29 is 17.7 Å². The molecule has 1 aliphatic rings. The number of halogens is 1. The van der Waals surface area contributed by atoms with Crippen LogP contribution < -0.4 is 10.0 Å². The van der Waals surface area contributed by atoms with Gasteiger partial charge in [-0.15, -0.1) is 0 Å². The first-order valence-corrected chi connectivity index (χ1v) is 7.61. The van der Waals surface area contributed by atoms with Crippen LogP contribution in [0, 0.1) is 15.9 Å². The summed E-state index contributed by atoms with van der Waals surface area (Å²) in [4.78, 5) is 9.75. The maximum absolute atomic E-state index is 13.7. The number of hydrogen-bond acceptors (Lipinski definition) is 5. The van der Waals surface area contributed by atoms with E-state index in [2.05, 4.69) is 10.0 Å². The van der Waals surface area contributed by atoms with Crippen molar-refractivity contribution in [3.63, 3.8) is 0 Å². The number of anilines is 1. The molecule has 0 amide bonds. The number of nitrogens with one attached hydrogen (secondary N) is 2. The molecular weight excluding hydrogens is 289 g/mol. The quantitative estimate of drug-likeness (QED) is 0.643. The average molecular weight is 303 g/mol. The molecule has 7 nitrogen and oxygen atoms in total. The van der Waals surface area contributed by atoms with Gasteiger partial charge in [-0.05, 0) is 25.5 Å². The molecule has 1 aliphatic heterocycles. The summed E-state index contributed by atoms with van der Waals surface area (Å²) in [5.41, 5.74) is -0.703.